The molecule has 1 aromatic carbocycles. The third kappa shape index (κ3) is 2.56. The van der Waals surface area contributed by atoms with Crippen molar-refractivity contribution in [3.63, 3.8) is 0 Å². The number of nitrogens with one attached hydrogen (secondary N) is 1. The molecule has 0 radical (unpaired) electrons. The molecule has 5 heteroatoms. The number of nitriles is 2. The molecule has 0 fully saturated rings. The normalized spacial score (nSPS) is 11.4. The average molecular weight is 251 g/mol. The molecule has 1 unspecified atom stereocenters. The van der Waals surface area contributed by atoms with E-state index in [4.69, 9.17) is 10.5 Å². The molecule has 0 bridgehead atoms. The van der Waals surface area contributed by atoms with Crippen LogP contribution in [0.15, 0.2) is 30.6 Å². The molecule has 0 aliphatic carbocycles. The third-order valence-electron chi connectivity index (χ3n) is 2.89. The van der Waals surface area contributed by atoms with Gasteiger partial charge in [0.15, 0.2) is 0 Å². The zero-order chi connectivity index (χ0) is 13.8. The molecule has 1 atom stereocenters. The Hall–Kier alpha value is -2.79. The lowest BCUT2D eigenvalue weighted by atomic mass is 10.1. The van der Waals surface area contributed by atoms with E-state index in [1.165, 1.54) is 0 Å². The molecule has 94 valence electrons. The van der Waals surface area contributed by atoms with Gasteiger partial charge in [0.05, 0.1) is 17.2 Å². The van der Waals surface area contributed by atoms with Crippen LogP contribution in [0.4, 0.5) is 5.69 Å². The molecule has 1 N–H and O–H groups in total. The van der Waals surface area contributed by atoms with Crippen LogP contribution in [0, 0.1) is 22.7 Å². The highest BCUT2D eigenvalue weighted by Gasteiger charge is 2.11. The van der Waals surface area contributed by atoms with Gasteiger partial charge in [-0.05, 0) is 25.1 Å². The monoisotopic (exact) mass is 251 g/mol. The fraction of sp³-hybridized carbons (Fsp3) is 0.214. The van der Waals surface area contributed by atoms with Crippen molar-refractivity contribution in [2.75, 3.05) is 5.32 Å². The van der Waals surface area contributed by atoms with Crippen molar-refractivity contribution in [2.45, 2.75) is 13.0 Å². The SMILES string of the molecule is CC(Nc1ccc(C#N)c(C#N)c1)c1nccn1C. The van der Waals surface area contributed by atoms with Gasteiger partial charge in [-0.2, -0.15) is 10.5 Å². The first kappa shape index (κ1) is 12.7. The number of aromatic nitrogens is 2. The number of rotatable bonds is 3. The summed E-state index contributed by atoms with van der Waals surface area (Å²) in [5.74, 6) is 0.905. The molecule has 0 amide bonds. The summed E-state index contributed by atoms with van der Waals surface area (Å²) in [6.45, 7) is 1.99. The molecular weight excluding hydrogens is 238 g/mol. The number of hydrogen-bond acceptors (Lipinski definition) is 4. The average Bonchev–Trinajstić information content (AvgIpc) is 2.85. The summed E-state index contributed by atoms with van der Waals surface area (Å²) in [4.78, 5) is 4.27. The molecule has 1 aromatic heterocycles. The van der Waals surface area contributed by atoms with Gasteiger partial charge in [0.25, 0.3) is 0 Å². The Balaban J connectivity index is 2.23. The van der Waals surface area contributed by atoms with Crippen LogP contribution in [-0.4, -0.2) is 9.55 Å². The predicted molar refractivity (Wildman–Crippen MR) is 71.1 cm³/mol. The van der Waals surface area contributed by atoms with Crippen LogP contribution in [0.5, 0.6) is 0 Å². The number of anilines is 1. The smallest absolute Gasteiger partial charge is 0.130 e. The first-order valence-corrected chi connectivity index (χ1v) is 5.83. The lowest BCUT2D eigenvalue weighted by Gasteiger charge is -2.15. The maximum atomic E-state index is 8.99. The van der Waals surface area contributed by atoms with Crippen molar-refractivity contribution in [3.05, 3.63) is 47.5 Å². The summed E-state index contributed by atoms with van der Waals surface area (Å²) in [6.07, 6.45) is 3.63. The van der Waals surface area contributed by atoms with Crippen LogP contribution in [-0.2, 0) is 7.05 Å². The van der Waals surface area contributed by atoms with Gasteiger partial charge in [-0.3, -0.25) is 0 Å². The van der Waals surface area contributed by atoms with Crippen molar-refractivity contribution < 1.29 is 0 Å². The van der Waals surface area contributed by atoms with Gasteiger partial charge < -0.3 is 9.88 Å². The molecular formula is C14H13N5. The van der Waals surface area contributed by atoms with E-state index >= 15 is 0 Å². The zero-order valence-electron chi connectivity index (χ0n) is 10.8. The van der Waals surface area contributed by atoms with Crippen LogP contribution in [0.3, 0.4) is 0 Å². The summed E-state index contributed by atoms with van der Waals surface area (Å²) >= 11 is 0. The number of aryl methyl sites for hydroxylation is 1. The summed E-state index contributed by atoms with van der Waals surface area (Å²) in [5, 5.41) is 21.1. The van der Waals surface area contributed by atoms with E-state index in [-0.39, 0.29) is 6.04 Å². The molecule has 19 heavy (non-hydrogen) atoms. The lowest BCUT2D eigenvalue weighted by Crippen LogP contribution is -2.12. The molecule has 1 heterocycles. The minimum absolute atomic E-state index is 0.0134. The highest BCUT2D eigenvalue weighted by molar-refractivity contribution is 5.56. The minimum Gasteiger partial charge on any atom is -0.375 e. The van der Waals surface area contributed by atoms with Crippen molar-refractivity contribution in [2.24, 2.45) is 7.05 Å². The number of hydrogen-bond donors (Lipinski definition) is 1. The molecule has 0 saturated carbocycles. The maximum absolute atomic E-state index is 8.99. The van der Waals surface area contributed by atoms with Gasteiger partial charge >= 0.3 is 0 Å². The summed E-state index contributed by atoms with van der Waals surface area (Å²) in [7, 11) is 1.93. The molecule has 5 nitrogen and oxygen atoms in total. The molecule has 0 spiro atoms. The first-order valence-electron chi connectivity index (χ1n) is 5.83. The van der Waals surface area contributed by atoms with Crippen LogP contribution < -0.4 is 5.32 Å². The van der Waals surface area contributed by atoms with Crippen molar-refractivity contribution in [1.29, 1.82) is 10.5 Å². The van der Waals surface area contributed by atoms with Crippen LogP contribution in [0.25, 0.3) is 0 Å². The third-order valence-corrected chi connectivity index (χ3v) is 2.89. The van der Waals surface area contributed by atoms with Crippen molar-refractivity contribution >= 4 is 5.69 Å². The second-order valence-electron chi connectivity index (χ2n) is 4.25. The standard InChI is InChI=1S/C14H13N5/c1-10(14-17-5-6-19(14)2)18-13-4-3-11(8-15)12(7-13)9-16/h3-7,10,18H,1-2H3. The Kier molecular flexibility index (Phi) is 3.49. The van der Waals surface area contributed by atoms with Crippen molar-refractivity contribution in [3.8, 4) is 12.1 Å². The Labute approximate surface area is 111 Å². The number of imidazole rings is 1. The molecule has 0 aliphatic rings. The van der Waals surface area contributed by atoms with E-state index in [2.05, 4.69) is 10.3 Å². The molecule has 2 rings (SSSR count). The topological polar surface area (TPSA) is 77.4 Å². The van der Waals surface area contributed by atoms with Crippen molar-refractivity contribution in [1.82, 2.24) is 9.55 Å². The Morgan fingerprint density at radius 2 is 2.00 bits per heavy atom. The highest BCUT2D eigenvalue weighted by atomic mass is 15.1. The van der Waals surface area contributed by atoms with Gasteiger partial charge in [-0.1, -0.05) is 0 Å². The van der Waals surface area contributed by atoms with Crippen LogP contribution >= 0.6 is 0 Å². The number of benzene rings is 1. The van der Waals surface area contributed by atoms with E-state index in [1.807, 2.05) is 36.9 Å². The summed E-state index contributed by atoms with van der Waals surface area (Å²) in [6, 6.07) is 9.15. The fourth-order valence-electron chi connectivity index (χ4n) is 1.93. The zero-order valence-corrected chi connectivity index (χ0v) is 10.8. The Morgan fingerprint density at radius 3 is 2.58 bits per heavy atom. The van der Waals surface area contributed by atoms with Gasteiger partial charge in [-0.15, -0.1) is 0 Å². The van der Waals surface area contributed by atoms with Gasteiger partial charge in [-0.25, -0.2) is 4.98 Å². The fourth-order valence-corrected chi connectivity index (χ4v) is 1.93. The summed E-state index contributed by atoms with van der Waals surface area (Å²) in [5.41, 5.74) is 1.56. The second kappa shape index (κ2) is 5.24. The van der Waals surface area contributed by atoms with Gasteiger partial charge in [0, 0.05) is 25.1 Å². The molecule has 0 aliphatic heterocycles. The predicted octanol–water partition coefficient (Wildman–Crippen LogP) is 2.34. The minimum atomic E-state index is 0.0134. The Bertz CT molecular complexity index is 672. The number of nitrogens with zero attached hydrogens (tertiary/aromatic N) is 4. The quantitative estimate of drug-likeness (QED) is 0.908. The Morgan fingerprint density at radius 1 is 1.26 bits per heavy atom. The van der Waals surface area contributed by atoms with E-state index in [0.717, 1.165) is 11.5 Å². The van der Waals surface area contributed by atoms with Crippen LogP contribution in [0.2, 0.25) is 0 Å². The van der Waals surface area contributed by atoms with E-state index < -0.39 is 0 Å². The molecule has 0 saturated heterocycles. The van der Waals surface area contributed by atoms with E-state index in [0.29, 0.717) is 11.1 Å². The van der Waals surface area contributed by atoms with E-state index in [1.54, 1.807) is 24.4 Å². The summed E-state index contributed by atoms with van der Waals surface area (Å²) < 4.78 is 1.94. The van der Waals surface area contributed by atoms with Crippen LogP contribution in [0.1, 0.15) is 29.9 Å². The van der Waals surface area contributed by atoms with Gasteiger partial charge in [0.2, 0.25) is 0 Å². The largest absolute Gasteiger partial charge is 0.375 e. The molecule has 2 aromatic rings. The lowest BCUT2D eigenvalue weighted by molar-refractivity contribution is 0.721. The second-order valence-corrected chi connectivity index (χ2v) is 4.25. The highest BCUT2D eigenvalue weighted by Crippen LogP contribution is 2.20. The first-order chi connectivity index (χ1) is 9.15. The van der Waals surface area contributed by atoms with Gasteiger partial charge in [0.1, 0.15) is 18.0 Å². The maximum Gasteiger partial charge on any atom is 0.130 e. The van der Waals surface area contributed by atoms with E-state index in [9.17, 15) is 0 Å².